The maximum Gasteiger partial charge on any atom is 0.326 e. The maximum atomic E-state index is 12.0. The van der Waals surface area contributed by atoms with Crippen molar-refractivity contribution in [2.75, 3.05) is 11.4 Å². The standard InChI is InChI=1S/C14H13Cl2NO4/c1-14(2,3)21-10(18)6-17-11-8(12(19)13(17)20)4-7(15)5-9(11)16/h4-5H,6H2,1-3H3. The number of carbonyl (C=O) groups excluding carboxylic acids is 3. The van der Waals surface area contributed by atoms with Crippen molar-refractivity contribution in [1.29, 1.82) is 0 Å². The fraction of sp³-hybridized carbons (Fsp3) is 0.357. The molecule has 0 saturated heterocycles. The Labute approximate surface area is 131 Å². The highest BCUT2D eigenvalue weighted by Crippen LogP contribution is 2.38. The molecule has 21 heavy (non-hydrogen) atoms. The molecule has 2 rings (SSSR count). The first-order valence-corrected chi connectivity index (χ1v) is 6.93. The first-order chi connectivity index (χ1) is 9.60. The largest absolute Gasteiger partial charge is 0.459 e. The van der Waals surface area contributed by atoms with Gasteiger partial charge in [-0.3, -0.25) is 19.3 Å². The molecule has 1 aromatic rings. The van der Waals surface area contributed by atoms with Crippen molar-refractivity contribution in [2.24, 2.45) is 0 Å². The molecule has 7 heteroatoms. The number of rotatable bonds is 2. The van der Waals surface area contributed by atoms with Crippen LogP contribution in [0.25, 0.3) is 0 Å². The van der Waals surface area contributed by atoms with Crippen molar-refractivity contribution in [2.45, 2.75) is 26.4 Å². The monoisotopic (exact) mass is 329 g/mol. The second kappa shape index (κ2) is 5.31. The summed E-state index contributed by atoms with van der Waals surface area (Å²) in [5.41, 5.74) is -0.390. The molecular formula is C14H13Cl2NO4. The Kier molecular flexibility index (Phi) is 4.00. The average Bonchev–Trinajstić information content (AvgIpc) is 2.52. The molecule has 0 atom stereocenters. The maximum absolute atomic E-state index is 12.0. The van der Waals surface area contributed by atoms with Crippen LogP contribution in [0.4, 0.5) is 5.69 Å². The van der Waals surface area contributed by atoms with E-state index in [1.807, 2.05) is 0 Å². The Bertz CT molecular complexity index is 649. The van der Waals surface area contributed by atoms with Gasteiger partial charge in [-0.2, -0.15) is 0 Å². The predicted octanol–water partition coefficient (Wildman–Crippen LogP) is 2.86. The van der Waals surface area contributed by atoms with Crippen LogP contribution >= 0.6 is 23.2 Å². The van der Waals surface area contributed by atoms with Crippen molar-refractivity contribution >= 4 is 46.5 Å². The van der Waals surface area contributed by atoms with Gasteiger partial charge in [0.15, 0.2) is 0 Å². The van der Waals surface area contributed by atoms with Crippen LogP contribution in [0.3, 0.4) is 0 Å². The summed E-state index contributed by atoms with van der Waals surface area (Å²) in [6.07, 6.45) is 0. The van der Waals surface area contributed by atoms with Gasteiger partial charge >= 0.3 is 5.97 Å². The molecule has 1 aliphatic rings. The van der Waals surface area contributed by atoms with Gasteiger partial charge in [-0.05, 0) is 32.9 Å². The van der Waals surface area contributed by atoms with E-state index < -0.39 is 23.3 Å². The quantitative estimate of drug-likeness (QED) is 0.618. The molecule has 0 radical (unpaired) electrons. The minimum atomic E-state index is -0.819. The summed E-state index contributed by atoms with van der Waals surface area (Å²) >= 11 is 11.9. The first kappa shape index (κ1) is 15.8. The number of ether oxygens (including phenoxy) is 1. The van der Waals surface area contributed by atoms with Crippen LogP contribution in [0.5, 0.6) is 0 Å². The molecule has 1 heterocycles. The van der Waals surface area contributed by atoms with Crippen molar-refractivity contribution < 1.29 is 19.1 Å². The highest BCUT2D eigenvalue weighted by Gasteiger charge is 2.39. The minimum Gasteiger partial charge on any atom is -0.459 e. The lowest BCUT2D eigenvalue weighted by Crippen LogP contribution is -2.38. The van der Waals surface area contributed by atoms with Gasteiger partial charge in [0.05, 0.1) is 16.3 Å². The second-order valence-corrected chi connectivity index (χ2v) is 6.43. The first-order valence-electron chi connectivity index (χ1n) is 6.17. The predicted molar refractivity (Wildman–Crippen MR) is 79.0 cm³/mol. The van der Waals surface area contributed by atoms with E-state index in [0.717, 1.165) is 4.90 Å². The lowest BCUT2D eigenvalue weighted by molar-refractivity contribution is -0.153. The van der Waals surface area contributed by atoms with E-state index >= 15 is 0 Å². The Morgan fingerprint density at radius 2 is 1.86 bits per heavy atom. The third kappa shape index (κ3) is 3.19. The Morgan fingerprint density at radius 1 is 1.24 bits per heavy atom. The molecule has 0 saturated carbocycles. The van der Waals surface area contributed by atoms with Crippen LogP contribution < -0.4 is 4.90 Å². The van der Waals surface area contributed by atoms with Crippen molar-refractivity contribution in [3.63, 3.8) is 0 Å². The summed E-state index contributed by atoms with van der Waals surface area (Å²) in [4.78, 5) is 36.8. The Morgan fingerprint density at radius 3 is 2.43 bits per heavy atom. The van der Waals surface area contributed by atoms with Gasteiger partial charge in [0.2, 0.25) is 0 Å². The second-order valence-electron chi connectivity index (χ2n) is 5.59. The highest BCUT2D eigenvalue weighted by molar-refractivity contribution is 6.55. The zero-order valence-electron chi connectivity index (χ0n) is 11.7. The van der Waals surface area contributed by atoms with Crippen LogP contribution in [-0.4, -0.2) is 29.8 Å². The third-order valence-corrected chi connectivity index (χ3v) is 3.20. The van der Waals surface area contributed by atoms with Gasteiger partial charge < -0.3 is 4.74 Å². The van der Waals surface area contributed by atoms with Crippen molar-refractivity contribution in [1.82, 2.24) is 0 Å². The summed E-state index contributed by atoms with van der Waals surface area (Å²) < 4.78 is 5.15. The van der Waals surface area contributed by atoms with Gasteiger partial charge in [-0.15, -0.1) is 0 Å². The molecule has 1 amide bonds. The molecule has 0 spiro atoms. The number of ketones is 1. The third-order valence-electron chi connectivity index (χ3n) is 2.69. The molecule has 0 aromatic heterocycles. The summed E-state index contributed by atoms with van der Waals surface area (Å²) in [6, 6.07) is 2.77. The average molecular weight is 330 g/mol. The van der Waals surface area contributed by atoms with Crippen molar-refractivity contribution in [3.05, 3.63) is 27.7 Å². The van der Waals surface area contributed by atoms with E-state index in [1.54, 1.807) is 20.8 Å². The smallest absolute Gasteiger partial charge is 0.326 e. The topological polar surface area (TPSA) is 63.7 Å². The van der Waals surface area contributed by atoms with Crippen LogP contribution in [0.2, 0.25) is 10.0 Å². The summed E-state index contributed by atoms with van der Waals surface area (Å²) in [5.74, 6) is -2.18. The summed E-state index contributed by atoms with van der Waals surface area (Å²) in [5, 5.41) is 0.388. The molecule has 0 bridgehead atoms. The molecule has 0 N–H and O–H groups in total. The minimum absolute atomic E-state index is 0.0982. The normalized spacial score (nSPS) is 14.4. The van der Waals surface area contributed by atoms with Gasteiger partial charge in [0, 0.05) is 5.02 Å². The molecular weight excluding hydrogens is 317 g/mol. The molecule has 0 fully saturated rings. The van der Waals surface area contributed by atoms with Crippen LogP contribution in [-0.2, 0) is 14.3 Å². The number of halogens is 2. The van der Waals surface area contributed by atoms with Crippen molar-refractivity contribution in [3.8, 4) is 0 Å². The van der Waals surface area contributed by atoms with E-state index in [4.69, 9.17) is 27.9 Å². The highest BCUT2D eigenvalue weighted by atomic mass is 35.5. The lowest BCUT2D eigenvalue weighted by atomic mass is 10.1. The van der Waals surface area contributed by atoms with Crippen LogP contribution in [0.1, 0.15) is 31.1 Å². The molecule has 5 nitrogen and oxygen atoms in total. The zero-order valence-corrected chi connectivity index (χ0v) is 13.2. The fourth-order valence-corrected chi connectivity index (χ4v) is 2.60. The van der Waals surface area contributed by atoms with E-state index in [-0.39, 0.29) is 27.8 Å². The fourth-order valence-electron chi connectivity index (χ4n) is 2.01. The van der Waals surface area contributed by atoms with Gasteiger partial charge in [0.1, 0.15) is 12.1 Å². The van der Waals surface area contributed by atoms with Gasteiger partial charge in [-0.25, -0.2) is 0 Å². The summed E-state index contributed by atoms with van der Waals surface area (Å²) in [6.45, 7) is 4.75. The number of carbonyl (C=O) groups is 3. The van der Waals surface area contributed by atoms with Gasteiger partial charge in [-0.1, -0.05) is 23.2 Å². The van der Waals surface area contributed by atoms with Crippen LogP contribution in [0, 0.1) is 0 Å². The number of benzene rings is 1. The molecule has 0 unspecified atom stereocenters. The number of fused-ring (bicyclic) bond motifs is 1. The Balaban J connectivity index is 2.34. The number of hydrogen-bond donors (Lipinski definition) is 0. The number of esters is 1. The molecule has 0 aliphatic carbocycles. The number of hydrogen-bond acceptors (Lipinski definition) is 4. The molecule has 1 aromatic carbocycles. The number of Topliss-reactive ketones (excluding diaryl/α,β-unsaturated/α-hetero) is 1. The van der Waals surface area contributed by atoms with E-state index in [9.17, 15) is 14.4 Å². The molecule has 112 valence electrons. The zero-order chi connectivity index (χ0) is 15.9. The number of anilines is 1. The van der Waals surface area contributed by atoms with Crippen LogP contribution in [0.15, 0.2) is 12.1 Å². The van der Waals surface area contributed by atoms with E-state index in [0.29, 0.717) is 0 Å². The SMILES string of the molecule is CC(C)(C)OC(=O)CN1C(=O)C(=O)c2cc(Cl)cc(Cl)c21. The number of nitrogens with zero attached hydrogens (tertiary/aromatic N) is 1. The Hall–Kier alpha value is -1.59. The lowest BCUT2D eigenvalue weighted by Gasteiger charge is -2.22. The molecule has 1 aliphatic heterocycles. The summed E-state index contributed by atoms with van der Waals surface area (Å²) in [7, 11) is 0. The number of amides is 1. The van der Waals surface area contributed by atoms with Gasteiger partial charge in [0.25, 0.3) is 11.7 Å². The van der Waals surface area contributed by atoms with E-state index in [1.165, 1.54) is 12.1 Å². The van der Waals surface area contributed by atoms with E-state index in [2.05, 4.69) is 0 Å².